The Kier molecular flexibility index (Phi) is 7.24. The molecular weight excluding hydrogens is 215 g/mol. The molecule has 1 fully saturated rings. The van der Waals surface area contributed by atoms with Crippen LogP contribution in [0.5, 0.6) is 0 Å². The number of likely N-dealkylation sites (tertiary alicyclic amines) is 1. The maximum absolute atomic E-state index is 12.0. The van der Waals surface area contributed by atoms with Crippen molar-refractivity contribution in [1.82, 2.24) is 4.90 Å². The van der Waals surface area contributed by atoms with Crippen molar-refractivity contribution < 1.29 is 13.2 Å². The second-order valence-electron chi connectivity index (χ2n) is 3.93. The number of halogens is 3. The Morgan fingerprint density at radius 3 is 2.12 bits per heavy atom. The monoisotopic (exact) mass is 235 g/mol. The van der Waals surface area contributed by atoms with Gasteiger partial charge >= 0.3 is 6.18 Å². The molecule has 1 heterocycles. The third-order valence-electron chi connectivity index (χ3n) is 2.57. The molecule has 1 nitrogen and oxygen atoms in total. The Balaban J connectivity index is 0.000000487. The summed E-state index contributed by atoms with van der Waals surface area (Å²) in [5, 5.41) is 0. The molecule has 1 aliphatic rings. The van der Waals surface area contributed by atoms with Crippen LogP contribution in [0.15, 0.2) is 0 Å². The number of piperidine rings is 1. The molecule has 0 spiro atoms. The van der Waals surface area contributed by atoms with E-state index >= 15 is 0 Å². The molecule has 1 aliphatic heterocycles. The third-order valence-corrected chi connectivity index (χ3v) is 2.57. The van der Waals surface area contributed by atoms with E-state index in [1.807, 2.05) is 20.8 Å². The van der Waals surface area contributed by atoms with Crippen LogP contribution < -0.4 is 0 Å². The van der Waals surface area contributed by atoms with Crippen molar-refractivity contribution in [3.8, 4) is 11.8 Å². The Labute approximate surface area is 96.0 Å². The highest BCUT2D eigenvalue weighted by molar-refractivity contribution is 4.89. The molecule has 0 saturated carbocycles. The van der Waals surface area contributed by atoms with Gasteiger partial charge in [-0.15, -0.1) is 11.8 Å². The van der Waals surface area contributed by atoms with Crippen LogP contribution in [-0.4, -0.2) is 30.2 Å². The molecule has 0 aromatic heterocycles. The summed E-state index contributed by atoms with van der Waals surface area (Å²) in [6.45, 7) is 5.36. The highest BCUT2D eigenvalue weighted by Crippen LogP contribution is 2.22. The minimum absolute atomic E-state index is 0.0976. The molecule has 1 saturated heterocycles. The van der Waals surface area contributed by atoms with Crippen LogP contribution in [-0.2, 0) is 0 Å². The van der Waals surface area contributed by atoms with Gasteiger partial charge in [0.05, 0.1) is 6.54 Å². The first-order valence-corrected chi connectivity index (χ1v) is 5.55. The van der Waals surface area contributed by atoms with Gasteiger partial charge in [-0.3, -0.25) is 4.90 Å². The van der Waals surface area contributed by atoms with Gasteiger partial charge in [0.2, 0.25) is 0 Å². The Hall–Kier alpha value is -0.690. The molecule has 0 N–H and O–H groups in total. The van der Waals surface area contributed by atoms with Gasteiger partial charge in [-0.05, 0) is 40.2 Å². The predicted octanol–water partition coefficient (Wildman–Crippen LogP) is 3.45. The standard InChI is InChI=1S/C8H14F3N.C4H6/c1-7-4-2-3-5-12(7)6-8(9,10)11;1-3-4-2/h7H,2-6H2,1H3;1-2H3. The Morgan fingerprint density at radius 2 is 1.75 bits per heavy atom. The summed E-state index contributed by atoms with van der Waals surface area (Å²) in [5.74, 6) is 5.36. The van der Waals surface area contributed by atoms with E-state index in [1.165, 1.54) is 4.90 Å². The molecule has 1 atom stereocenters. The molecule has 0 aromatic rings. The van der Waals surface area contributed by atoms with Crippen molar-refractivity contribution in [3.05, 3.63) is 0 Å². The number of hydrogen-bond acceptors (Lipinski definition) is 1. The Morgan fingerprint density at radius 1 is 1.19 bits per heavy atom. The Bertz CT molecular complexity index is 231. The lowest BCUT2D eigenvalue weighted by atomic mass is 10.0. The van der Waals surface area contributed by atoms with Gasteiger partial charge in [0.15, 0.2) is 0 Å². The van der Waals surface area contributed by atoms with Crippen molar-refractivity contribution >= 4 is 0 Å². The SMILES string of the molecule is CC#CC.CC1CCCCN1CC(F)(F)F. The minimum atomic E-state index is -4.04. The van der Waals surface area contributed by atoms with Crippen LogP contribution in [0.25, 0.3) is 0 Å². The van der Waals surface area contributed by atoms with Gasteiger partial charge in [-0.25, -0.2) is 0 Å². The van der Waals surface area contributed by atoms with Crippen LogP contribution in [0.1, 0.15) is 40.0 Å². The maximum Gasteiger partial charge on any atom is 0.401 e. The smallest absolute Gasteiger partial charge is 0.292 e. The summed E-state index contributed by atoms with van der Waals surface area (Å²) < 4.78 is 35.9. The van der Waals surface area contributed by atoms with Crippen molar-refractivity contribution in [2.24, 2.45) is 0 Å². The third kappa shape index (κ3) is 7.58. The van der Waals surface area contributed by atoms with Gasteiger partial charge in [0.25, 0.3) is 0 Å². The van der Waals surface area contributed by atoms with Gasteiger partial charge in [-0.1, -0.05) is 6.42 Å². The molecule has 0 amide bonds. The quantitative estimate of drug-likeness (QED) is 0.629. The first-order valence-electron chi connectivity index (χ1n) is 5.55. The van der Waals surface area contributed by atoms with Crippen molar-refractivity contribution in [2.45, 2.75) is 52.3 Å². The first-order chi connectivity index (χ1) is 7.40. The van der Waals surface area contributed by atoms with E-state index < -0.39 is 12.7 Å². The fraction of sp³-hybridized carbons (Fsp3) is 0.833. The lowest BCUT2D eigenvalue weighted by Gasteiger charge is -2.33. The lowest BCUT2D eigenvalue weighted by molar-refractivity contribution is -0.152. The average molecular weight is 235 g/mol. The van der Waals surface area contributed by atoms with Crippen LogP contribution in [0.2, 0.25) is 0 Å². The van der Waals surface area contributed by atoms with E-state index in [4.69, 9.17) is 0 Å². The van der Waals surface area contributed by atoms with E-state index in [0.29, 0.717) is 6.54 Å². The fourth-order valence-corrected chi connectivity index (χ4v) is 1.62. The predicted molar refractivity (Wildman–Crippen MR) is 60.1 cm³/mol. The average Bonchev–Trinajstić information content (AvgIpc) is 2.20. The summed E-state index contributed by atoms with van der Waals surface area (Å²) >= 11 is 0. The molecule has 4 heteroatoms. The van der Waals surface area contributed by atoms with Crippen LogP contribution in [0.4, 0.5) is 13.2 Å². The summed E-state index contributed by atoms with van der Waals surface area (Å²) in [5.41, 5.74) is 0. The zero-order chi connectivity index (χ0) is 12.6. The van der Waals surface area contributed by atoms with E-state index in [1.54, 1.807) is 0 Å². The van der Waals surface area contributed by atoms with E-state index in [0.717, 1.165) is 19.3 Å². The van der Waals surface area contributed by atoms with Crippen LogP contribution >= 0.6 is 0 Å². The van der Waals surface area contributed by atoms with Crippen molar-refractivity contribution in [2.75, 3.05) is 13.1 Å². The molecule has 16 heavy (non-hydrogen) atoms. The largest absolute Gasteiger partial charge is 0.401 e. The van der Waals surface area contributed by atoms with Gasteiger partial charge in [0.1, 0.15) is 0 Å². The number of alkyl halides is 3. The topological polar surface area (TPSA) is 3.24 Å². The van der Waals surface area contributed by atoms with Crippen LogP contribution in [0.3, 0.4) is 0 Å². The molecule has 0 bridgehead atoms. The normalized spacial score (nSPS) is 21.5. The summed E-state index contributed by atoms with van der Waals surface area (Å²) in [6, 6.07) is 0.0976. The highest BCUT2D eigenvalue weighted by atomic mass is 19.4. The summed E-state index contributed by atoms with van der Waals surface area (Å²) in [6.07, 6.45) is -1.17. The molecule has 1 rings (SSSR count). The second kappa shape index (κ2) is 7.56. The molecule has 1 unspecified atom stereocenters. The molecular formula is C12H20F3N. The summed E-state index contributed by atoms with van der Waals surface area (Å²) in [4.78, 5) is 1.52. The van der Waals surface area contributed by atoms with E-state index in [2.05, 4.69) is 11.8 Å². The molecule has 94 valence electrons. The van der Waals surface area contributed by atoms with Gasteiger partial charge in [0, 0.05) is 6.04 Å². The molecule has 0 aliphatic carbocycles. The van der Waals surface area contributed by atoms with Crippen molar-refractivity contribution in [1.29, 1.82) is 0 Å². The highest BCUT2D eigenvalue weighted by Gasteiger charge is 2.33. The number of rotatable bonds is 1. The number of hydrogen-bond donors (Lipinski definition) is 0. The molecule has 0 aromatic carbocycles. The second-order valence-corrected chi connectivity index (χ2v) is 3.93. The van der Waals surface area contributed by atoms with Gasteiger partial charge < -0.3 is 0 Å². The minimum Gasteiger partial charge on any atom is -0.292 e. The fourth-order valence-electron chi connectivity index (χ4n) is 1.62. The van der Waals surface area contributed by atoms with Gasteiger partial charge in [-0.2, -0.15) is 13.2 Å². The molecule has 0 radical (unpaired) electrons. The zero-order valence-electron chi connectivity index (χ0n) is 10.2. The lowest BCUT2D eigenvalue weighted by Crippen LogP contribution is -2.43. The first kappa shape index (κ1) is 15.3. The van der Waals surface area contributed by atoms with E-state index in [9.17, 15) is 13.2 Å². The maximum atomic E-state index is 12.0. The van der Waals surface area contributed by atoms with Crippen LogP contribution in [0, 0.1) is 11.8 Å². The zero-order valence-corrected chi connectivity index (χ0v) is 10.2. The summed E-state index contributed by atoms with van der Waals surface area (Å²) in [7, 11) is 0. The van der Waals surface area contributed by atoms with Crippen molar-refractivity contribution in [3.63, 3.8) is 0 Å². The van der Waals surface area contributed by atoms with E-state index in [-0.39, 0.29) is 6.04 Å². The number of nitrogens with zero attached hydrogens (tertiary/aromatic N) is 1.